The Labute approximate surface area is 213 Å². The Bertz CT molecular complexity index is 1390. The van der Waals surface area contributed by atoms with Crippen molar-refractivity contribution in [2.75, 3.05) is 18.4 Å². The van der Waals surface area contributed by atoms with Crippen LogP contribution in [-0.2, 0) is 6.42 Å². The van der Waals surface area contributed by atoms with Crippen molar-refractivity contribution in [3.8, 4) is 5.69 Å². The van der Waals surface area contributed by atoms with E-state index in [1.54, 1.807) is 22.9 Å². The highest BCUT2D eigenvalue weighted by Crippen LogP contribution is 2.28. The van der Waals surface area contributed by atoms with Crippen molar-refractivity contribution < 1.29 is 13.6 Å². The normalized spacial score (nSPS) is 11.0. The fraction of sp³-hybridized carbons (Fsp3) is 0.222. The van der Waals surface area contributed by atoms with Crippen molar-refractivity contribution in [1.29, 1.82) is 0 Å². The maximum atomic E-state index is 14.0. The first-order chi connectivity index (χ1) is 17.4. The van der Waals surface area contributed by atoms with Gasteiger partial charge in [-0.05, 0) is 67.9 Å². The van der Waals surface area contributed by atoms with Gasteiger partial charge < -0.3 is 10.6 Å². The summed E-state index contributed by atoms with van der Waals surface area (Å²) in [6, 6.07) is 13.5. The van der Waals surface area contributed by atoms with E-state index in [-0.39, 0.29) is 16.5 Å². The van der Waals surface area contributed by atoms with Gasteiger partial charge in [-0.25, -0.2) is 13.5 Å². The number of nitrogens with one attached hydrogen (secondary N) is 2. The number of benzene rings is 3. The number of anilines is 2. The largest absolute Gasteiger partial charge is 0.353 e. The molecule has 0 amide bonds. The van der Waals surface area contributed by atoms with Crippen molar-refractivity contribution in [3.05, 3.63) is 99.8 Å². The van der Waals surface area contributed by atoms with Gasteiger partial charge in [0, 0.05) is 35.8 Å². The van der Waals surface area contributed by atoms with E-state index in [1.165, 1.54) is 12.1 Å². The predicted molar refractivity (Wildman–Crippen MR) is 137 cm³/mol. The number of hydrogen-bond acceptors (Lipinski definition) is 5. The molecule has 0 aliphatic rings. The van der Waals surface area contributed by atoms with E-state index in [9.17, 15) is 13.6 Å². The third-order valence-electron chi connectivity index (χ3n) is 5.68. The van der Waals surface area contributed by atoms with Crippen molar-refractivity contribution in [2.24, 2.45) is 0 Å². The monoisotopic (exact) mass is 509 g/mol. The number of rotatable bonds is 10. The standard InChI is InChI=1S/C27H26ClF2N5O/c1-3-11-31-12-10-20-16-35(34-33-20)21-7-4-17(2)23(15-21)27(36)22-8-6-19(14-24(22)28)32-26-9-5-18(29)13-25(26)30/h4-9,13-16,31-32H,3,10-12H2,1-2H3. The van der Waals surface area contributed by atoms with Crippen molar-refractivity contribution in [2.45, 2.75) is 26.7 Å². The number of aromatic nitrogens is 3. The van der Waals surface area contributed by atoms with Crippen LogP contribution >= 0.6 is 11.6 Å². The van der Waals surface area contributed by atoms with Gasteiger partial charge in [0.1, 0.15) is 11.6 Å². The second-order valence-electron chi connectivity index (χ2n) is 8.43. The van der Waals surface area contributed by atoms with Gasteiger partial charge in [0.15, 0.2) is 5.78 Å². The average Bonchev–Trinajstić information content (AvgIpc) is 3.33. The second-order valence-corrected chi connectivity index (χ2v) is 8.83. The van der Waals surface area contributed by atoms with E-state index >= 15 is 0 Å². The van der Waals surface area contributed by atoms with Crippen LogP contribution in [-0.4, -0.2) is 33.9 Å². The number of carbonyl (C=O) groups is 1. The number of ketones is 1. The topological polar surface area (TPSA) is 71.8 Å². The number of carbonyl (C=O) groups excluding carboxylic acids is 1. The molecule has 2 N–H and O–H groups in total. The zero-order chi connectivity index (χ0) is 25.7. The second kappa shape index (κ2) is 11.4. The minimum atomic E-state index is -0.729. The maximum Gasteiger partial charge on any atom is 0.194 e. The molecule has 186 valence electrons. The molecule has 3 aromatic carbocycles. The fourth-order valence-electron chi connectivity index (χ4n) is 3.72. The molecule has 0 radical (unpaired) electrons. The third-order valence-corrected chi connectivity index (χ3v) is 5.99. The Hall–Kier alpha value is -3.62. The van der Waals surface area contributed by atoms with Crippen LogP contribution in [0.4, 0.5) is 20.2 Å². The average molecular weight is 510 g/mol. The molecule has 0 spiro atoms. The summed E-state index contributed by atoms with van der Waals surface area (Å²) in [5, 5.41) is 14.8. The molecule has 6 nitrogen and oxygen atoms in total. The molecule has 4 aromatic rings. The van der Waals surface area contributed by atoms with Crippen LogP contribution in [0.3, 0.4) is 0 Å². The first-order valence-electron chi connectivity index (χ1n) is 11.6. The van der Waals surface area contributed by atoms with E-state index in [1.807, 2.05) is 25.3 Å². The molecule has 0 saturated heterocycles. The summed E-state index contributed by atoms with van der Waals surface area (Å²) in [6.07, 6.45) is 3.69. The maximum absolute atomic E-state index is 14.0. The first-order valence-corrected chi connectivity index (χ1v) is 12.0. The van der Waals surface area contributed by atoms with Gasteiger partial charge in [0.25, 0.3) is 0 Å². The number of aryl methyl sites for hydroxylation is 1. The minimum Gasteiger partial charge on any atom is -0.353 e. The highest BCUT2D eigenvalue weighted by Gasteiger charge is 2.17. The molecule has 36 heavy (non-hydrogen) atoms. The summed E-state index contributed by atoms with van der Waals surface area (Å²) < 4.78 is 28.8. The molecule has 0 saturated carbocycles. The Morgan fingerprint density at radius 2 is 1.86 bits per heavy atom. The summed E-state index contributed by atoms with van der Waals surface area (Å²) in [7, 11) is 0. The van der Waals surface area contributed by atoms with Crippen LogP contribution in [0.25, 0.3) is 5.69 Å². The van der Waals surface area contributed by atoms with Crippen molar-refractivity contribution in [3.63, 3.8) is 0 Å². The number of halogens is 3. The molecule has 0 bridgehead atoms. The molecule has 1 aromatic heterocycles. The zero-order valence-corrected chi connectivity index (χ0v) is 20.7. The van der Waals surface area contributed by atoms with Crippen LogP contribution in [0.15, 0.2) is 60.8 Å². The molecular weight excluding hydrogens is 484 g/mol. The van der Waals surface area contributed by atoms with Gasteiger partial charge in [0.05, 0.1) is 28.3 Å². The molecule has 1 heterocycles. The SMILES string of the molecule is CCCNCCc1cn(-c2ccc(C)c(C(=O)c3ccc(Nc4ccc(F)cc4F)cc3Cl)c2)nn1. The van der Waals surface area contributed by atoms with E-state index in [0.717, 1.165) is 49.3 Å². The summed E-state index contributed by atoms with van der Waals surface area (Å²) in [5.41, 5.74) is 3.73. The summed E-state index contributed by atoms with van der Waals surface area (Å²) in [6.45, 7) is 5.75. The van der Waals surface area contributed by atoms with E-state index < -0.39 is 11.6 Å². The molecule has 0 unspecified atom stereocenters. The van der Waals surface area contributed by atoms with E-state index in [0.29, 0.717) is 22.5 Å². The summed E-state index contributed by atoms with van der Waals surface area (Å²) >= 11 is 6.44. The highest BCUT2D eigenvalue weighted by atomic mass is 35.5. The third kappa shape index (κ3) is 5.95. The van der Waals surface area contributed by atoms with Crippen LogP contribution in [0.5, 0.6) is 0 Å². The first kappa shape index (κ1) is 25.5. The zero-order valence-electron chi connectivity index (χ0n) is 20.0. The molecule has 9 heteroatoms. The molecule has 0 fully saturated rings. The van der Waals surface area contributed by atoms with Crippen LogP contribution in [0.1, 0.15) is 40.5 Å². The van der Waals surface area contributed by atoms with Crippen LogP contribution in [0, 0.1) is 18.6 Å². The van der Waals surface area contributed by atoms with Crippen LogP contribution in [0.2, 0.25) is 5.02 Å². The number of hydrogen-bond donors (Lipinski definition) is 2. The highest BCUT2D eigenvalue weighted by molar-refractivity contribution is 6.35. The van der Waals surface area contributed by atoms with E-state index in [2.05, 4.69) is 27.9 Å². The van der Waals surface area contributed by atoms with Crippen molar-refractivity contribution >= 4 is 28.8 Å². The van der Waals surface area contributed by atoms with Gasteiger partial charge >= 0.3 is 0 Å². The van der Waals surface area contributed by atoms with Gasteiger partial charge in [-0.2, -0.15) is 0 Å². The Morgan fingerprint density at radius 3 is 2.61 bits per heavy atom. The fourth-order valence-corrected chi connectivity index (χ4v) is 3.99. The molecule has 0 aliphatic carbocycles. The minimum absolute atomic E-state index is 0.100. The van der Waals surface area contributed by atoms with Gasteiger partial charge in [-0.1, -0.05) is 29.8 Å². The van der Waals surface area contributed by atoms with Crippen LogP contribution < -0.4 is 10.6 Å². The Balaban J connectivity index is 1.53. The lowest BCUT2D eigenvalue weighted by molar-refractivity contribution is 0.103. The molecule has 0 atom stereocenters. The van der Waals surface area contributed by atoms with Crippen molar-refractivity contribution in [1.82, 2.24) is 20.3 Å². The Morgan fingerprint density at radius 1 is 1.03 bits per heavy atom. The smallest absolute Gasteiger partial charge is 0.194 e. The lowest BCUT2D eigenvalue weighted by Gasteiger charge is -2.12. The quantitative estimate of drug-likeness (QED) is 0.202. The number of nitrogens with zero attached hydrogens (tertiary/aromatic N) is 3. The lowest BCUT2D eigenvalue weighted by Crippen LogP contribution is -2.17. The lowest BCUT2D eigenvalue weighted by atomic mass is 9.98. The van der Waals surface area contributed by atoms with Gasteiger partial charge in [-0.3, -0.25) is 4.79 Å². The van der Waals surface area contributed by atoms with Gasteiger partial charge in [-0.15, -0.1) is 5.10 Å². The molecule has 4 rings (SSSR count). The predicted octanol–water partition coefficient (Wildman–Crippen LogP) is 6.02. The summed E-state index contributed by atoms with van der Waals surface area (Å²) in [5.74, 6) is -1.64. The summed E-state index contributed by atoms with van der Waals surface area (Å²) in [4.78, 5) is 13.4. The molecule has 0 aliphatic heterocycles. The van der Waals surface area contributed by atoms with Gasteiger partial charge in [0.2, 0.25) is 0 Å². The molecular formula is C27H26ClF2N5O. The Kier molecular flexibility index (Phi) is 8.07. The van der Waals surface area contributed by atoms with E-state index in [4.69, 9.17) is 11.6 Å².